The summed E-state index contributed by atoms with van der Waals surface area (Å²) in [5.41, 5.74) is 0.871. The number of hydrogen-bond donors (Lipinski definition) is 1. The van der Waals surface area contributed by atoms with Crippen molar-refractivity contribution in [2.75, 3.05) is 32.8 Å². The van der Waals surface area contributed by atoms with Gasteiger partial charge in [-0.15, -0.1) is 11.3 Å². The molecule has 0 aromatic carbocycles. The third-order valence-corrected chi connectivity index (χ3v) is 6.07. The van der Waals surface area contributed by atoms with E-state index < -0.39 is 0 Å². The van der Waals surface area contributed by atoms with E-state index in [0.717, 1.165) is 31.9 Å². The number of morpholine rings is 1. The summed E-state index contributed by atoms with van der Waals surface area (Å²) < 4.78 is 5.99. The Morgan fingerprint density at radius 1 is 1.22 bits per heavy atom. The number of rotatable bonds is 3. The topological polar surface area (TPSA) is 37.4 Å². The van der Waals surface area contributed by atoms with E-state index >= 15 is 0 Å². The quantitative estimate of drug-likeness (QED) is 0.939. The van der Waals surface area contributed by atoms with E-state index in [1.54, 1.807) is 0 Å². The molecule has 0 spiro atoms. The van der Waals surface area contributed by atoms with Crippen molar-refractivity contribution in [1.29, 1.82) is 0 Å². The summed E-state index contributed by atoms with van der Waals surface area (Å²) >= 11 is 1.81. The van der Waals surface area contributed by atoms with Crippen LogP contribution in [0.25, 0.3) is 0 Å². The fourth-order valence-electron chi connectivity index (χ4n) is 3.95. The first-order valence-corrected chi connectivity index (χ1v) is 9.30. The van der Waals surface area contributed by atoms with Gasteiger partial charge in [-0.05, 0) is 49.5 Å². The second-order valence-corrected chi connectivity index (χ2v) is 7.23. The van der Waals surface area contributed by atoms with Gasteiger partial charge in [-0.3, -0.25) is 9.88 Å². The lowest BCUT2D eigenvalue weighted by atomic mass is 9.86. The first-order chi connectivity index (χ1) is 11.4. The summed E-state index contributed by atoms with van der Waals surface area (Å²) in [7, 11) is 0. The average molecular weight is 329 g/mol. The molecular weight excluding hydrogens is 306 g/mol. The number of piperidine rings is 1. The lowest BCUT2D eigenvalue weighted by molar-refractivity contribution is -0.0785. The molecule has 2 aromatic rings. The predicted octanol–water partition coefficient (Wildman–Crippen LogP) is 2.47. The van der Waals surface area contributed by atoms with Crippen molar-refractivity contribution >= 4 is 11.3 Å². The Labute approximate surface area is 141 Å². The van der Waals surface area contributed by atoms with E-state index in [2.05, 4.69) is 39.9 Å². The molecule has 2 aliphatic rings. The van der Waals surface area contributed by atoms with Gasteiger partial charge in [0.2, 0.25) is 0 Å². The van der Waals surface area contributed by atoms with Gasteiger partial charge < -0.3 is 10.1 Å². The first-order valence-electron chi connectivity index (χ1n) is 8.42. The second kappa shape index (κ2) is 6.69. The highest BCUT2D eigenvalue weighted by Gasteiger charge is 2.47. The van der Waals surface area contributed by atoms with Crippen molar-refractivity contribution in [2.45, 2.75) is 24.4 Å². The van der Waals surface area contributed by atoms with Crippen LogP contribution in [0.15, 0.2) is 41.9 Å². The van der Waals surface area contributed by atoms with E-state index in [0.29, 0.717) is 12.6 Å². The maximum atomic E-state index is 5.99. The Kier molecular flexibility index (Phi) is 4.44. The van der Waals surface area contributed by atoms with Crippen LogP contribution in [0.5, 0.6) is 0 Å². The van der Waals surface area contributed by atoms with Gasteiger partial charge in [0, 0.05) is 23.7 Å². The maximum absolute atomic E-state index is 5.99. The van der Waals surface area contributed by atoms with Crippen molar-refractivity contribution in [3.05, 3.63) is 52.5 Å². The average Bonchev–Trinajstić information content (AvgIpc) is 3.18. The highest BCUT2D eigenvalue weighted by atomic mass is 32.1. The summed E-state index contributed by atoms with van der Waals surface area (Å²) in [6.45, 7) is 4.67. The van der Waals surface area contributed by atoms with Gasteiger partial charge in [0.05, 0.1) is 18.9 Å². The molecular formula is C18H23N3OS. The Hall–Kier alpha value is -1.27. The van der Waals surface area contributed by atoms with Gasteiger partial charge in [-0.1, -0.05) is 12.1 Å². The zero-order valence-electron chi connectivity index (χ0n) is 13.3. The molecule has 0 saturated carbocycles. The van der Waals surface area contributed by atoms with E-state index in [-0.39, 0.29) is 5.54 Å². The lowest BCUT2D eigenvalue weighted by Gasteiger charge is -2.50. The normalized spacial score (nSPS) is 27.1. The standard InChI is InChI=1S/C18H23N3OS/c1-2-8-20-16(4-1)18(17-5-3-13-23-17)14-22-12-11-21(18)15-6-9-19-10-7-15/h1-5,8,13,15,19H,6-7,9-12,14H2. The van der Waals surface area contributed by atoms with Crippen molar-refractivity contribution < 1.29 is 4.74 Å². The van der Waals surface area contributed by atoms with Crippen LogP contribution in [0.3, 0.4) is 0 Å². The van der Waals surface area contributed by atoms with Gasteiger partial charge in [0.1, 0.15) is 5.54 Å². The van der Waals surface area contributed by atoms with Crippen LogP contribution < -0.4 is 5.32 Å². The maximum Gasteiger partial charge on any atom is 0.122 e. The fraction of sp³-hybridized carbons (Fsp3) is 0.500. The van der Waals surface area contributed by atoms with Crippen LogP contribution in [0, 0.1) is 0 Å². The number of hydrogen-bond acceptors (Lipinski definition) is 5. The van der Waals surface area contributed by atoms with Gasteiger partial charge >= 0.3 is 0 Å². The number of ether oxygens (including phenoxy) is 1. The van der Waals surface area contributed by atoms with Crippen molar-refractivity contribution in [3.8, 4) is 0 Å². The largest absolute Gasteiger partial charge is 0.377 e. The SMILES string of the molecule is c1ccc(C2(c3cccs3)COCCN2C2CCNCC2)nc1. The van der Waals surface area contributed by atoms with Crippen molar-refractivity contribution in [1.82, 2.24) is 15.2 Å². The van der Waals surface area contributed by atoms with E-state index in [1.165, 1.54) is 17.7 Å². The molecule has 1 N–H and O–H groups in total. The molecule has 23 heavy (non-hydrogen) atoms. The van der Waals surface area contributed by atoms with E-state index in [1.807, 2.05) is 23.6 Å². The summed E-state index contributed by atoms with van der Waals surface area (Å²) in [6.07, 6.45) is 4.29. The third-order valence-electron chi connectivity index (χ3n) is 5.04. The highest BCUT2D eigenvalue weighted by Crippen LogP contribution is 2.42. The van der Waals surface area contributed by atoms with Gasteiger partial charge in [0.25, 0.3) is 0 Å². The molecule has 4 rings (SSSR count). The summed E-state index contributed by atoms with van der Waals surface area (Å²) in [5.74, 6) is 0. The molecule has 4 heterocycles. The first kappa shape index (κ1) is 15.3. The molecule has 5 heteroatoms. The molecule has 0 bridgehead atoms. The molecule has 0 amide bonds. The minimum atomic E-state index is -0.240. The second-order valence-electron chi connectivity index (χ2n) is 6.28. The molecule has 1 atom stereocenters. The van der Waals surface area contributed by atoms with Crippen LogP contribution in [0.1, 0.15) is 23.4 Å². The summed E-state index contributed by atoms with van der Waals surface area (Å²) in [4.78, 5) is 8.76. The summed E-state index contributed by atoms with van der Waals surface area (Å²) in [6, 6.07) is 11.2. The Balaban J connectivity index is 1.81. The smallest absolute Gasteiger partial charge is 0.122 e. The molecule has 2 aliphatic heterocycles. The molecule has 0 radical (unpaired) electrons. The zero-order valence-corrected chi connectivity index (χ0v) is 14.1. The van der Waals surface area contributed by atoms with Gasteiger partial charge in [0.15, 0.2) is 0 Å². The minimum absolute atomic E-state index is 0.240. The number of nitrogens with zero attached hydrogens (tertiary/aromatic N) is 2. The van der Waals surface area contributed by atoms with Crippen molar-refractivity contribution in [3.63, 3.8) is 0 Å². The highest BCUT2D eigenvalue weighted by molar-refractivity contribution is 7.10. The molecule has 0 aliphatic carbocycles. The zero-order chi connectivity index (χ0) is 15.5. The number of thiophene rings is 1. The number of nitrogens with one attached hydrogen (secondary N) is 1. The summed E-state index contributed by atoms with van der Waals surface area (Å²) in [5, 5.41) is 5.65. The van der Waals surface area contributed by atoms with E-state index in [9.17, 15) is 0 Å². The molecule has 2 aromatic heterocycles. The minimum Gasteiger partial charge on any atom is -0.377 e. The molecule has 122 valence electrons. The van der Waals surface area contributed by atoms with Crippen molar-refractivity contribution in [2.24, 2.45) is 0 Å². The third kappa shape index (κ3) is 2.72. The Morgan fingerprint density at radius 2 is 2.13 bits per heavy atom. The Bertz CT molecular complexity index is 612. The van der Waals surface area contributed by atoms with Gasteiger partial charge in [-0.2, -0.15) is 0 Å². The molecule has 2 fully saturated rings. The lowest BCUT2D eigenvalue weighted by Crippen LogP contribution is -2.60. The number of aromatic nitrogens is 1. The van der Waals surface area contributed by atoms with Crippen LogP contribution in [-0.4, -0.2) is 48.8 Å². The van der Waals surface area contributed by atoms with Crippen LogP contribution in [0.4, 0.5) is 0 Å². The molecule has 1 unspecified atom stereocenters. The van der Waals surface area contributed by atoms with E-state index in [4.69, 9.17) is 9.72 Å². The van der Waals surface area contributed by atoms with Crippen LogP contribution in [0.2, 0.25) is 0 Å². The molecule has 4 nitrogen and oxygen atoms in total. The van der Waals surface area contributed by atoms with Gasteiger partial charge in [-0.25, -0.2) is 0 Å². The molecule has 2 saturated heterocycles. The predicted molar refractivity (Wildman–Crippen MR) is 92.8 cm³/mol. The fourth-order valence-corrected chi connectivity index (χ4v) is 4.89. The monoisotopic (exact) mass is 329 g/mol. The Morgan fingerprint density at radius 3 is 2.87 bits per heavy atom. The number of pyridine rings is 1. The van der Waals surface area contributed by atoms with Crippen LogP contribution in [-0.2, 0) is 10.3 Å². The van der Waals surface area contributed by atoms with Crippen LogP contribution >= 0.6 is 11.3 Å².